The predicted octanol–water partition coefficient (Wildman–Crippen LogP) is 2.19. The first-order valence-corrected chi connectivity index (χ1v) is 10.6. The Hall–Kier alpha value is -3.23. The van der Waals surface area contributed by atoms with Crippen LogP contribution in [0.1, 0.15) is 43.1 Å². The third-order valence-corrected chi connectivity index (χ3v) is 5.17. The summed E-state index contributed by atoms with van der Waals surface area (Å²) in [7, 11) is 1.34. The van der Waals surface area contributed by atoms with E-state index in [1.165, 1.54) is 7.11 Å². The molecular formula is C22H28N4O5. The number of anilines is 1. The Morgan fingerprint density at radius 1 is 1.00 bits per heavy atom. The van der Waals surface area contributed by atoms with Crippen molar-refractivity contribution in [3.8, 4) is 0 Å². The smallest absolute Gasteiger partial charge is 0.360 e. The van der Waals surface area contributed by atoms with Crippen molar-refractivity contribution in [3.05, 3.63) is 30.0 Å². The topological polar surface area (TPSA) is 102 Å². The van der Waals surface area contributed by atoms with Gasteiger partial charge >= 0.3 is 11.9 Å². The molecule has 0 spiro atoms. The third-order valence-electron chi connectivity index (χ3n) is 5.17. The summed E-state index contributed by atoms with van der Waals surface area (Å²) >= 11 is 0. The van der Waals surface area contributed by atoms with E-state index in [9.17, 15) is 14.4 Å². The predicted molar refractivity (Wildman–Crippen MR) is 115 cm³/mol. The number of amides is 1. The van der Waals surface area contributed by atoms with Gasteiger partial charge in [0.05, 0.1) is 24.8 Å². The molecule has 0 unspecified atom stereocenters. The monoisotopic (exact) mass is 428 g/mol. The van der Waals surface area contributed by atoms with E-state index in [4.69, 9.17) is 9.72 Å². The molecule has 0 bridgehead atoms. The van der Waals surface area contributed by atoms with Crippen LogP contribution in [-0.2, 0) is 19.1 Å². The quantitative estimate of drug-likeness (QED) is 0.619. The lowest BCUT2D eigenvalue weighted by Gasteiger charge is -2.24. The molecule has 1 fully saturated rings. The Balaban J connectivity index is 1.74. The van der Waals surface area contributed by atoms with E-state index in [-0.39, 0.29) is 30.6 Å². The van der Waals surface area contributed by atoms with Gasteiger partial charge in [-0.1, -0.05) is 12.1 Å². The highest BCUT2D eigenvalue weighted by Gasteiger charge is 2.25. The summed E-state index contributed by atoms with van der Waals surface area (Å²) in [4.78, 5) is 49.4. The minimum atomic E-state index is -0.504. The first kappa shape index (κ1) is 22.5. The van der Waals surface area contributed by atoms with Crippen molar-refractivity contribution in [2.45, 2.75) is 32.6 Å². The summed E-state index contributed by atoms with van der Waals surface area (Å²) in [6.45, 7) is 4.30. The Morgan fingerprint density at radius 2 is 1.74 bits per heavy atom. The zero-order valence-electron chi connectivity index (χ0n) is 18.0. The number of nitrogens with zero attached hydrogens (tertiary/aromatic N) is 4. The third kappa shape index (κ3) is 5.68. The minimum absolute atomic E-state index is 0.0148. The molecular weight excluding hydrogens is 400 g/mol. The van der Waals surface area contributed by atoms with Crippen LogP contribution in [0.2, 0.25) is 0 Å². The van der Waals surface area contributed by atoms with E-state index in [1.54, 1.807) is 11.8 Å². The number of hydrogen-bond acceptors (Lipinski definition) is 8. The molecule has 1 aromatic heterocycles. The number of ether oxygens (including phenoxy) is 2. The summed E-state index contributed by atoms with van der Waals surface area (Å²) in [6.07, 6.45) is 1.74. The molecule has 0 atom stereocenters. The first-order valence-electron chi connectivity index (χ1n) is 10.6. The summed E-state index contributed by atoms with van der Waals surface area (Å²) in [5, 5.41) is 0. The van der Waals surface area contributed by atoms with Crippen LogP contribution in [0, 0.1) is 0 Å². The summed E-state index contributed by atoms with van der Waals surface area (Å²) in [6, 6.07) is 7.39. The van der Waals surface area contributed by atoms with E-state index >= 15 is 0 Å². The fraction of sp³-hybridized carbons (Fsp3) is 0.500. The highest BCUT2D eigenvalue weighted by Crippen LogP contribution is 2.23. The molecule has 3 rings (SSSR count). The maximum atomic E-state index is 12.6. The number of aromatic nitrogens is 2. The molecule has 0 aliphatic carbocycles. The number of methoxy groups -OCH3 is 1. The van der Waals surface area contributed by atoms with Crippen molar-refractivity contribution in [1.82, 2.24) is 14.9 Å². The van der Waals surface area contributed by atoms with E-state index in [1.807, 2.05) is 29.2 Å². The van der Waals surface area contributed by atoms with E-state index in [0.717, 1.165) is 6.42 Å². The van der Waals surface area contributed by atoms with Crippen LogP contribution in [0.3, 0.4) is 0 Å². The summed E-state index contributed by atoms with van der Waals surface area (Å²) < 4.78 is 9.82. The number of carbonyl (C=O) groups excluding carboxylic acids is 3. The Labute approximate surface area is 181 Å². The zero-order chi connectivity index (χ0) is 22.2. The lowest BCUT2D eigenvalue weighted by Crippen LogP contribution is -2.36. The lowest BCUT2D eigenvalue weighted by atomic mass is 10.2. The Kier molecular flexibility index (Phi) is 7.75. The molecule has 1 aliphatic rings. The SMILES string of the molecule is CCOC(=O)c1nc2ccccc2nc1N1CCCN(C(=O)CCCC(=O)OC)CC1. The number of benzene rings is 1. The second-order valence-electron chi connectivity index (χ2n) is 7.26. The fourth-order valence-electron chi connectivity index (χ4n) is 3.57. The van der Waals surface area contributed by atoms with Crippen LogP contribution >= 0.6 is 0 Å². The number of carbonyl (C=O) groups is 3. The van der Waals surface area contributed by atoms with Gasteiger partial charge < -0.3 is 19.3 Å². The molecule has 166 valence electrons. The molecule has 2 aromatic rings. The van der Waals surface area contributed by atoms with Gasteiger partial charge in [0.2, 0.25) is 5.91 Å². The van der Waals surface area contributed by atoms with Gasteiger partial charge in [-0.3, -0.25) is 9.59 Å². The molecule has 1 amide bonds. The summed E-state index contributed by atoms with van der Waals surface area (Å²) in [5.41, 5.74) is 1.52. The van der Waals surface area contributed by atoms with Gasteiger partial charge in [-0.25, -0.2) is 14.8 Å². The maximum absolute atomic E-state index is 12.6. The van der Waals surface area contributed by atoms with E-state index in [2.05, 4.69) is 9.72 Å². The number of fused-ring (bicyclic) bond motifs is 1. The molecule has 9 nitrogen and oxygen atoms in total. The van der Waals surface area contributed by atoms with Gasteiger partial charge in [0.25, 0.3) is 0 Å². The van der Waals surface area contributed by atoms with E-state index in [0.29, 0.717) is 55.9 Å². The minimum Gasteiger partial charge on any atom is -0.469 e. The second kappa shape index (κ2) is 10.7. The second-order valence-corrected chi connectivity index (χ2v) is 7.26. The average molecular weight is 428 g/mol. The molecule has 0 radical (unpaired) electrons. The molecule has 0 N–H and O–H groups in total. The van der Waals surface area contributed by atoms with Crippen LogP contribution in [0.15, 0.2) is 24.3 Å². The fourth-order valence-corrected chi connectivity index (χ4v) is 3.57. The van der Waals surface area contributed by atoms with Gasteiger partial charge in [-0.15, -0.1) is 0 Å². The molecule has 1 saturated heterocycles. The number of esters is 2. The van der Waals surface area contributed by atoms with Crippen molar-refractivity contribution < 1.29 is 23.9 Å². The highest BCUT2D eigenvalue weighted by molar-refractivity contribution is 5.95. The van der Waals surface area contributed by atoms with Gasteiger partial charge in [0.1, 0.15) is 0 Å². The van der Waals surface area contributed by atoms with Crippen LogP contribution in [0.25, 0.3) is 11.0 Å². The van der Waals surface area contributed by atoms with Crippen molar-refractivity contribution in [2.75, 3.05) is 44.8 Å². The molecule has 2 heterocycles. The van der Waals surface area contributed by atoms with Gasteiger partial charge in [0.15, 0.2) is 11.5 Å². The maximum Gasteiger partial charge on any atom is 0.360 e. The standard InChI is InChI=1S/C22H28N4O5/c1-3-31-22(29)20-21(24-17-9-5-4-8-16(17)23-20)26-13-7-12-25(14-15-26)18(27)10-6-11-19(28)30-2/h4-5,8-9H,3,6-7,10-15H2,1-2H3. The number of hydrogen-bond donors (Lipinski definition) is 0. The molecule has 1 aliphatic heterocycles. The molecule has 9 heteroatoms. The number of para-hydroxylation sites is 2. The van der Waals surface area contributed by atoms with Gasteiger partial charge in [0, 0.05) is 39.0 Å². The first-order chi connectivity index (χ1) is 15.0. The normalized spacial score (nSPS) is 14.3. The Morgan fingerprint density at radius 3 is 2.45 bits per heavy atom. The van der Waals surface area contributed by atoms with Crippen molar-refractivity contribution in [2.24, 2.45) is 0 Å². The van der Waals surface area contributed by atoms with Crippen LogP contribution in [-0.4, -0.2) is 72.6 Å². The average Bonchev–Trinajstić information content (AvgIpc) is 3.04. The number of rotatable bonds is 7. The molecule has 1 aromatic carbocycles. The van der Waals surface area contributed by atoms with Crippen molar-refractivity contribution in [1.29, 1.82) is 0 Å². The van der Waals surface area contributed by atoms with Crippen LogP contribution in [0.5, 0.6) is 0 Å². The van der Waals surface area contributed by atoms with Crippen LogP contribution < -0.4 is 4.90 Å². The van der Waals surface area contributed by atoms with E-state index < -0.39 is 5.97 Å². The van der Waals surface area contributed by atoms with Crippen molar-refractivity contribution in [3.63, 3.8) is 0 Å². The van der Waals surface area contributed by atoms with Crippen LogP contribution in [0.4, 0.5) is 5.82 Å². The highest BCUT2D eigenvalue weighted by atomic mass is 16.5. The zero-order valence-corrected chi connectivity index (χ0v) is 18.0. The van der Waals surface area contributed by atoms with Gasteiger partial charge in [-0.05, 0) is 31.9 Å². The molecule has 0 saturated carbocycles. The Bertz CT molecular complexity index is 949. The van der Waals surface area contributed by atoms with Gasteiger partial charge in [-0.2, -0.15) is 0 Å². The lowest BCUT2D eigenvalue weighted by molar-refractivity contribution is -0.140. The van der Waals surface area contributed by atoms with Crippen molar-refractivity contribution >= 4 is 34.7 Å². The largest absolute Gasteiger partial charge is 0.469 e. The molecule has 31 heavy (non-hydrogen) atoms. The summed E-state index contributed by atoms with van der Waals surface area (Å²) in [5.74, 6) is -0.315.